The molecule has 1 aliphatic heterocycles. The van der Waals surface area contributed by atoms with Gasteiger partial charge in [0.15, 0.2) is 5.96 Å². The molecule has 0 aromatic rings. The molecule has 1 aliphatic rings. The minimum absolute atomic E-state index is 0.334. The molecule has 3 N–H and O–H groups in total. The van der Waals surface area contributed by atoms with E-state index in [1.165, 1.54) is 6.42 Å². The lowest BCUT2D eigenvalue weighted by atomic mass is 9.87. The average molecular weight is 253 g/mol. The van der Waals surface area contributed by atoms with Crippen LogP contribution >= 0.6 is 0 Å². The van der Waals surface area contributed by atoms with Crippen molar-refractivity contribution in [1.29, 1.82) is 0 Å². The van der Waals surface area contributed by atoms with Crippen LogP contribution in [0, 0.1) is 11.8 Å². The van der Waals surface area contributed by atoms with Crippen molar-refractivity contribution in [2.75, 3.05) is 19.7 Å². The van der Waals surface area contributed by atoms with Crippen molar-refractivity contribution in [3.63, 3.8) is 0 Å². The van der Waals surface area contributed by atoms with Crippen LogP contribution in [0.15, 0.2) is 17.1 Å². The van der Waals surface area contributed by atoms with Crippen LogP contribution in [0.25, 0.3) is 0 Å². The Labute approximate surface area is 111 Å². The Morgan fingerprint density at radius 1 is 1.56 bits per heavy atom. The van der Waals surface area contributed by atoms with Gasteiger partial charge in [0.25, 0.3) is 0 Å². The number of nitrogens with zero attached hydrogens (tertiary/aromatic N) is 1. The molecule has 1 heterocycles. The molecule has 2 atom stereocenters. The summed E-state index contributed by atoms with van der Waals surface area (Å²) in [4.78, 5) is 4.22. The third-order valence-electron chi connectivity index (χ3n) is 3.22. The van der Waals surface area contributed by atoms with E-state index in [4.69, 9.17) is 10.5 Å². The molecule has 0 saturated carbocycles. The highest BCUT2D eigenvalue weighted by atomic mass is 16.5. The first-order valence-electron chi connectivity index (χ1n) is 6.80. The van der Waals surface area contributed by atoms with Crippen molar-refractivity contribution in [1.82, 2.24) is 5.32 Å². The van der Waals surface area contributed by atoms with Gasteiger partial charge in [-0.3, -0.25) is 0 Å². The molecule has 1 saturated heterocycles. The fraction of sp³-hybridized carbons (Fsp3) is 0.786. The van der Waals surface area contributed by atoms with Crippen LogP contribution in [0.4, 0.5) is 0 Å². The van der Waals surface area contributed by atoms with E-state index in [1.54, 1.807) is 0 Å². The average Bonchev–Trinajstić information content (AvgIpc) is 2.34. The highest BCUT2D eigenvalue weighted by Gasteiger charge is 2.28. The van der Waals surface area contributed by atoms with Crippen LogP contribution in [-0.2, 0) is 4.74 Å². The number of rotatable bonds is 5. The van der Waals surface area contributed by atoms with E-state index in [-0.39, 0.29) is 0 Å². The Balaban J connectivity index is 2.40. The second-order valence-corrected chi connectivity index (χ2v) is 5.52. The fourth-order valence-electron chi connectivity index (χ4n) is 2.33. The minimum Gasteiger partial charge on any atom is -0.378 e. The van der Waals surface area contributed by atoms with Gasteiger partial charge in [-0.1, -0.05) is 26.0 Å². The van der Waals surface area contributed by atoms with Crippen LogP contribution in [0.2, 0.25) is 0 Å². The lowest BCUT2D eigenvalue weighted by molar-refractivity contribution is -0.0504. The molecule has 0 spiro atoms. The first-order chi connectivity index (χ1) is 8.50. The Morgan fingerprint density at radius 2 is 2.28 bits per heavy atom. The van der Waals surface area contributed by atoms with Gasteiger partial charge in [-0.05, 0) is 25.7 Å². The number of nitrogens with two attached hydrogens (primary N) is 1. The summed E-state index contributed by atoms with van der Waals surface area (Å²) in [5, 5.41) is 3.20. The van der Waals surface area contributed by atoms with Gasteiger partial charge < -0.3 is 15.8 Å². The van der Waals surface area contributed by atoms with Gasteiger partial charge in [0.1, 0.15) is 0 Å². The number of ether oxygens (including phenoxy) is 1. The first-order valence-corrected chi connectivity index (χ1v) is 6.80. The maximum Gasteiger partial charge on any atom is 0.188 e. The number of guanidine groups is 1. The van der Waals surface area contributed by atoms with Crippen LogP contribution in [0.5, 0.6) is 0 Å². The number of aliphatic imine (C=N–C) groups is 1. The van der Waals surface area contributed by atoms with Gasteiger partial charge in [-0.25, -0.2) is 4.99 Å². The zero-order chi connectivity index (χ0) is 13.5. The van der Waals surface area contributed by atoms with Crippen LogP contribution in [-0.4, -0.2) is 31.8 Å². The van der Waals surface area contributed by atoms with E-state index in [2.05, 4.69) is 30.7 Å². The first kappa shape index (κ1) is 15.0. The Hall–Kier alpha value is -1.03. The highest BCUT2D eigenvalue weighted by molar-refractivity contribution is 5.77. The summed E-state index contributed by atoms with van der Waals surface area (Å²) < 4.78 is 5.85. The third-order valence-corrected chi connectivity index (χ3v) is 3.22. The minimum atomic E-state index is 0.334. The largest absolute Gasteiger partial charge is 0.378 e. The molecule has 0 radical (unpaired) electrons. The zero-order valence-electron chi connectivity index (χ0n) is 11.9. The molecule has 104 valence electrons. The van der Waals surface area contributed by atoms with Gasteiger partial charge in [-0.15, -0.1) is 0 Å². The van der Waals surface area contributed by atoms with E-state index in [9.17, 15) is 0 Å². The molecule has 1 fully saturated rings. The standard InChI is InChI=1S/C14H27N3O/c1-10(2)8-16-14(15)17-9-12-6-5-7-18-13(12)11(3)4/h11-13H,1,5-9H2,2-4H3,(H3,15,16,17). The fourth-order valence-corrected chi connectivity index (χ4v) is 2.33. The van der Waals surface area contributed by atoms with Crippen molar-refractivity contribution in [2.24, 2.45) is 22.6 Å². The molecule has 0 aromatic carbocycles. The molecule has 0 bridgehead atoms. The Kier molecular flexibility index (Phi) is 6.19. The van der Waals surface area contributed by atoms with Crippen molar-refractivity contribution < 1.29 is 4.74 Å². The second-order valence-electron chi connectivity index (χ2n) is 5.52. The van der Waals surface area contributed by atoms with Crippen molar-refractivity contribution in [2.45, 2.75) is 39.7 Å². The number of nitrogens with one attached hydrogen (secondary N) is 1. The quantitative estimate of drug-likeness (QED) is 0.447. The molecule has 4 nitrogen and oxygen atoms in total. The maximum atomic E-state index is 5.85. The molecule has 2 unspecified atom stereocenters. The van der Waals surface area contributed by atoms with Crippen molar-refractivity contribution in [3.05, 3.63) is 12.2 Å². The summed E-state index contributed by atoms with van der Waals surface area (Å²) >= 11 is 0. The van der Waals surface area contributed by atoms with Gasteiger partial charge >= 0.3 is 0 Å². The summed E-state index contributed by atoms with van der Waals surface area (Å²) in [6, 6.07) is 0. The lowest BCUT2D eigenvalue weighted by Crippen LogP contribution is -2.43. The summed E-state index contributed by atoms with van der Waals surface area (Å²) in [5.41, 5.74) is 6.83. The normalized spacial score (nSPS) is 25.2. The van der Waals surface area contributed by atoms with E-state index < -0.39 is 0 Å². The highest BCUT2D eigenvalue weighted by Crippen LogP contribution is 2.25. The van der Waals surface area contributed by atoms with Gasteiger partial charge in [0.05, 0.1) is 12.6 Å². The molecule has 1 rings (SSSR count). The van der Waals surface area contributed by atoms with Crippen molar-refractivity contribution >= 4 is 5.96 Å². The topological polar surface area (TPSA) is 59.6 Å². The summed E-state index contributed by atoms with van der Waals surface area (Å²) in [6.07, 6.45) is 2.67. The molecule has 0 aliphatic carbocycles. The summed E-state index contributed by atoms with van der Waals surface area (Å²) in [5.74, 6) is 1.58. The predicted molar refractivity (Wildman–Crippen MR) is 76.6 cm³/mol. The second kappa shape index (κ2) is 7.41. The lowest BCUT2D eigenvalue weighted by Gasteiger charge is -2.34. The molecule has 0 amide bonds. The van der Waals surface area contributed by atoms with E-state index in [0.29, 0.717) is 30.4 Å². The monoisotopic (exact) mass is 253 g/mol. The Bertz CT molecular complexity index is 299. The zero-order valence-corrected chi connectivity index (χ0v) is 11.9. The molecular weight excluding hydrogens is 226 g/mol. The van der Waals surface area contributed by atoms with E-state index >= 15 is 0 Å². The molecule has 18 heavy (non-hydrogen) atoms. The van der Waals surface area contributed by atoms with Crippen LogP contribution in [0.3, 0.4) is 0 Å². The van der Waals surface area contributed by atoms with Gasteiger partial charge in [0, 0.05) is 19.1 Å². The number of hydrogen-bond donors (Lipinski definition) is 2. The van der Waals surface area contributed by atoms with Crippen LogP contribution in [0.1, 0.15) is 33.6 Å². The molecule has 4 heteroatoms. The van der Waals surface area contributed by atoms with Gasteiger partial charge in [0.2, 0.25) is 0 Å². The maximum absolute atomic E-state index is 5.85. The smallest absolute Gasteiger partial charge is 0.188 e. The van der Waals surface area contributed by atoms with Gasteiger partial charge in [-0.2, -0.15) is 0 Å². The predicted octanol–water partition coefficient (Wildman–Crippen LogP) is 1.92. The number of hydrogen-bond acceptors (Lipinski definition) is 2. The third kappa shape index (κ3) is 5.08. The van der Waals surface area contributed by atoms with Crippen LogP contribution < -0.4 is 11.1 Å². The van der Waals surface area contributed by atoms with E-state index in [0.717, 1.165) is 25.1 Å². The molecule has 0 aromatic heterocycles. The molecular formula is C14H27N3O. The SMILES string of the molecule is C=C(C)CN=C(N)NCC1CCCOC1C(C)C. The summed E-state index contributed by atoms with van der Waals surface area (Å²) in [6.45, 7) is 12.5. The summed E-state index contributed by atoms with van der Waals surface area (Å²) in [7, 11) is 0. The van der Waals surface area contributed by atoms with Crippen molar-refractivity contribution in [3.8, 4) is 0 Å². The Morgan fingerprint density at radius 3 is 2.89 bits per heavy atom. The van der Waals surface area contributed by atoms with E-state index in [1.807, 2.05) is 6.92 Å².